The molecule has 0 aliphatic heterocycles. The average molecular weight is 481 g/mol. The minimum atomic E-state index is -0.134. The van der Waals surface area contributed by atoms with Crippen LogP contribution < -0.4 is 10.2 Å². The first-order valence-electron chi connectivity index (χ1n) is 11.1. The molecule has 0 bridgehead atoms. The molecule has 0 spiro atoms. The van der Waals surface area contributed by atoms with Gasteiger partial charge in [0.1, 0.15) is 11.1 Å². The Morgan fingerprint density at radius 3 is 2.94 bits per heavy atom. The third-order valence-electron chi connectivity index (χ3n) is 5.86. The van der Waals surface area contributed by atoms with E-state index in [4.69, 9.17) is 0 Å². The van der Waals surface area contributed by atoms with Crippen LogP contribution in [0.4, 0.5) is 10.7 Å². The standard InChI is InChI=1S/C24H28N6OS2/c1-5-30-22(16-7-6-8-17(12-16)29(3)4)27-28-24(30)32-14-21(31)26-23-19(13-25)18-10-9-15(2)11-20(18)33-23/h6-8,12,15H,5,9-11,14H2,1-4H3,(H,26,31). The number of anilines is 2. The van der Waals surface area contributed by atoms with E-state index in [9.17, 15) is 10.1 Å². The summed E-state index contributed by atoms with van der Waals surface area (Å²) in [6.07, 6.45) is 2.99. The zero-order chi connectivity index (χ0) is 23.5. The van der Waals surface area contributed by atoms with Gasteiger partial charge in [-0.25, -0.2) is 0 Å². The highest BCUT2D eigenvalue weighted by molar-refractivity contribution is 7.99. The highest BCUT2D eigenvalue weighted by Crippen LogP contribution is 2.39. The third-order valence-corrected chi connectivity index (χ3v) is 8.00. The van der Waals surface area contributed by atoms with E-state index in [0.717, 1.165) is 41.9 Å². The second-order valence-corrected chi connectivity index (χ2v) is 10.5. The van der Waals surface area contributed by atoms with Crippen molar-refractivity contribution >= 4 is 39.7 Å². The molecule has 1 N–H and O–H groups in total. The van der Waals surface area contributed by atoms with E-state index in [0.29, 0.717) is 28.2 Å². The van der Waals surface area contributed by atoms with Crippen molar-refractivity contribution in [3.05, 3.63) is 40.3 Å². The highest BCUT2D eigenvalue weighted by atomic mass is 32.2. The summed E-state index contributed by atoms with van der Waals surface area (Å²) >= 11 is 2.91. The number of benzene rings is 1. The Hall–Kier alpha value is -2.83. The highest BCUT2D eigenvalue weighted by Gasteiger charge is 2.25. The van der Waals surface area contributed by atoms with Crippen LogP contribution in [0.1, 0.15) is 36.3 Å². The molecule has 0 fully saturated rings. The van der Waals surface area contributed by atoms with Crippen molar-refractivity contribution in [1.29, 1.82) is 5.26 Å². The van der Waals surface area contributed by atoms with Crippen molar-refractivity contribution in [3.8, 4) is 17.5 Å². The number of nitrogens with zero attached hydrogens (tertiary/aromatic N) is 5. The van der Waals surface area contributed by atoms with E-state index >= 15 is 0 Å². The Bertz CT molecular complexity index is 1210. The van der Waals surface area contributed by atoms with Crippen LogP contribution in [-0.2, 0) is 24.2 Å². The minimum absolute atomic E-state index is 0.134. The Morgan fingerprint density at radius 2 is 2.21 bits per heavy atom. The molecule has 1 amide bonds. The fourth-order valence-electron chi connectivity index (χ4n) is 4.07. The van der Waals surface area contributed by atoms with Crippen LogP contribution in [0.3, 0.4) is 0 Å². The Labute approximate surface area is 202 Å². The van der Waals surface area contributed by atoms with Gasteiger partial charge in [-0.05, 0) is 49.8 Å². The molecule has 0 radical (unpaired) electrons. The predicted octanol–water partition coefficient (Wildman–Crippen LogP) is 4.82. The number of rotatable bonds is 7. The third kappa shape index (κ3) is 4.92. The molecule has 0 saturated heterocycles. The zero-order valence-corrected chi connectivity index (χ0v) is 21.0. The number of nitrogens with one attached hydrogen (secondary N) is 1. The smallest absolute Gasteiger partial charge is 0.235 e. The van der Waals surface area contributed by atoms with E-state index in [1.165, 1.54) is 16.6 Å². The number of nitriles is 1. The number of thioether (sulfide) groups is 1. The summed E-state index contributed by atoms with van der Waals surface area (Å²) in [7, 11) is 4.01. The summed E-state index contributed by atoms with van der Waals surface area (Å²) < 4.78 is 2.03. The maximum absolute atomic E-state index is 12.7. The lowest BCUT2D eigenvalue weighted by molar-refractivity contribution is -0.113. The summed E-state index contributed by atoms with van der Waals surface area (Å²) in [5, 5.41) is 22.8. The van der Waals surface area contributed by atoms with Gasteiger partial charge >= 0.3 is 0 Å². The van der Waals surface area contributed by atoms with Gasteiger partial charge in [-0.3, -0.25) is 4.79 Å². The number of carbonyl (C=O) groups excluding carboxylic acids is 1. The van der Waals surface area contributed by atoms with Crippen molar-refractivity contribution in [1.82, 2.24) is 14.8 Å². The molecule has 2 heterocycles. The molecule has 0 saturated carbocycles. The van der Waals surface area contributed by atoms with Crippen molar-refractivity contribution in [2.45, 2.75) is 44.8 Å². The van der Waals surface area contributed by atoms with Gasteiger partial charge in [-0.1, -0.05) is 30.8 Å². The van der Waals surface area contributed by atoms with Gasteiger partial charge in [0.2, 0.25) is 5.91 Å². The second kappa shape index (κ2) is 9.98. The number of carbonyl (C=O) groups is 1. The molecule has 3 aromatic rings. The number of hydrogen-bond acceptors (Lipinski definition) is 7. The van der Waals surface area contributed by atoms with E-state index in [1.807, 2.05) is 37.7 Å². The van der Waals surface area contributed by atoms with Gasteiger partial charge in [-0.15, -0.1) is 21.5 Å². The summed E-state index contributed by atoms with van der Waals surface area (Å²) in [4.78, 5) is 16.0. The molecule has 7 nitrogen and oxygen atoms in total. The van der Waals surface area contributed by atoms with Crippen LogP contribution in [0.25, 0.3) is 11.4 Å². The van der Waals surface area contributed by atoms with Crippen LogP contribution in [0.5, 0.6) is 0 Å². The van der Waals surface area contributed by atoms with Gasteiger partial charge in [0, 0.05) is 36.8 Å². The predicted molar refractivity (Wildman–Crippen MR) is 135 cm³/mol. The van der Waals surface area contributed by atoms with E-state index in [1.54, 1.807) is 11.3 Å². The van der Waals surface area contributed by atoms with Crippen molar-refractivity contribution in [2.75, 3.05) is 30.1 Å². The normalized spacial score (nSPS) is 15.1. The number of amides is 1. The Morgan fingerprint density at radius 1 is 1.39 bits per heavy atom. The van der Waals surface area contributed by atoms with Crippen molar-refractivity contribution in [3.63, 3.8) is 0 Å². The van der Waals surface area contributed by atoms with Crippen LogP contribution in [-0.4, -0.2) is 40.5 Å². The summed E-state index contributed by atoms with van der Waals surface area (Å²) in [5.41, 5.74) is 3.84. The molecule has 2 aromatic heterocycles. The van der Waals surface area contributed by atoms with Gasteiger partial charge < -0.3 is 14.8 Å². The number of thiophene rings is 1. The summed E-state index contributed by atoms with van der Waals surface area (Å²) in [6, 6.07) is 10.5. The molecule has 1 aromatic carbocycles. The summed E-state index contributed by atoms with van der Waals surface area (Å²) in [5.74, 6) is 1.48. The molecule has 1 atom stereocenters. The molecule has 172 valence electrons. The first-order valence-corrected chi connectivity index (χ1v) is 12.9. The largest absolute Gasteiger partial charge is 0.378 e. The van der Waals surface area contributed by atoms with Gasteiger partial charge in [0.05, 0.1) is 11.3 Å². The first-order chi connectivity index (χ1) is 15.9. The summed E-state index contributed by atoms with van der Waals surface area (Å²) in [6.45, 7) is 4.98. The van der Waals surface area contributed by atoms with Crippen molar-refractivity contribution < 1.29 is 4.79 Å². The van der Waals surface area contributed by atoms with Gasteiger partial charge in [-0.2, -0.15) is 5.26 Å². The zero-order valence-electron chi connectivity index (χ0n) is 19.4. The lowest BCUT2D eigenvalue weighted by atomic mass is 9.89. The quantitative estimate of drug-likeness (QED) is 0.488. The number of aromatic nitrogens is 3. The van der Waals surface area contributed by atoms with E-state index < -0.39 is 0 Å². The molecular formula is C24H28N6OS2. The fourth-order valence-corrected chi connectivity index (χ4v) is 6.25. The lowest BCUT2D eigenvalue weighted by Gasteiger charge is -2.17. The number of fused-ring (bicyclic) bond motifs is 1. The lowest BCUT2D eigenvalue weighted by Crippen LogP contribution is -2.14. The topological polar surface area (TPSA) is 86.8 Å². The monoisotopic (exact) mass is 480 g/mol. The van der Waals surface area contributed by atoms with Crippen LogP contribution in [0.2, 0.25) is 0 Å². The van der Waals surface area contributed by atoms with E-state index in [-0.39, 0.29) is 11.7 Å². The first kappa shape index (κ1) is 23.3. The number of hydrogen-bond donors (Lipinski definition) is 1. The molecule has 4 rings (SSSR count). The SMILES string of the molecule is CCn1c(SCC(=O)Nc2sc3c(c2C#N)CCC(C)C3)nnc1-c1cccc(N(C)C)c1. The molecular weight excluding hydrogens is 452 g/mol. The van der Waals surface area contributed by atoms with Gasteiger partial charge in [0.15, 0.2) is 11.0 Å². The van der Waals surface area contributed by atoms with E-state index in [2.05, 4.69) is 45.5 Å². The van der Waals surface area contributed by atoms with Crippen LogP contribution >= 0.6 is 23.1 Å². The van der Waals surface area contributed by atoms with Gasteiger partial charge in [0.25, 0.3) is 0 Å². The Balaban J connectivity index is 1.47. The minimum Gasteiger partial charge on any atom is -0.378 e. The second-order valence-electron chi connectivity index (χ2n) is 8.50. The molecule has 1 aliphatic rings. The molecule has 1 aliphatic carbocycles. The van der Waals surface area contributed by atoms with Crippen LogP contribution in [0, 0.1) is 17.2 Å². The maximum Gasteiger partial charge on any atom is 0.235 e. The maximum atomic E-state index is 12.7. The average Bonchev–Trinajstić information content (AvgIpc) is 3.37. The molecule has 33 heavy (non-hydrogen) atoms. The van der Waals surface area contributed by atoms with Crippen molar-refractivity contribution in [2.24, 2.45) is 5.92 Å². The Kier molecular flexibility index (Phi) is 7.05. The molecule has 1 unspecified atom stereocenters. The fraction of sp³-hybridized carbons (Fsp3) is 0.417. The van der Waals surface area contributed by atoms with Crippen LogP contribution in [0.15, 0.2) is 29.4 Å². The molecule has 9 heteroatoms.